The van der Waals surface area contributed by atoms with Crippen molar-refractivity contribution in [2.75, 3.05) is 0 Å². The van der Waals surface area contributed by atoms with Crippen LogP contribution in [0.25, 0.3) is 0 Å². The molecular weight excluding hydrogens is 265 g/mol. The van der Waals surface area contributed by atoms with Crippen LogP contribution in [0.1, 0.15) is 10.4 Å². The zero-order valence-corrected chi connectivity index (χ0v) is 7.79. The Hall–Kier alpha value is -0.170. The maximum atomic E-state index is 10.3. The Morgan fingerprint density at radius 1 is 1.80 bits per heavy atom. The van der Waals surface area contributed by atoms with Crippen LogP contribution in [0, 0.1) is 0 Å². The van der Waals surface area contributed by atoms with Crippen LogP contribution in [0.3, 0.4) is 0 Å². The van der Waals surface area contributed by atoms with Gasteiger partial charge in [0.25, 0.3) is 0 Å². The first-order valence-corrected chi connectivity index (χ1v) is 5.76. The van der Waals surface area contributed by atoms with Crippen molar-refractivity contribution in [3.8, 4) is 0 Å². The number of rotatable bonds is 2. The lowest BCUT2D eigenvalue weighted by atomic mass is 10.4. The average molecular weight is 269 g/mol. The van der Waals surface area contributed by atoms with Gasteiger partial charge in [0.05, 0.1) is 5.56 Å². The normalized spacial score (nSPS) is 9.70. The molecule has 0 unspecified atom stereocenters. The summed E-state index contributed by atoms with van der Waals surface area (Å²) in [6.45, 7) is 0. The van der Waals surface area contributed by atoms with Crippen molar-refractivity contribution in [1.82, 2.24) is 3.97 Å². The van der Waals surface area contributed by atoms with Crippen molar-refractivity contribution in [2.24, 2.45) is 0 Å². The summed E-state index contributed by atoms with van der Waals surface area (Å²) in [5.41, 5.74) is 0.323. The molecule has 0 bridgehead atoms. The maximum absolute atomic E-state index is 10.3. The molecule has 10 heavy (non-hydrogen) atoms. The lowest BCUT2D eigenvalue weighted by molar-refractivity contribution is 0.0697. The quantitative estimate of drug-likeness (QED) is 0.835. The van der Waals surface area contributed by atoms with Gasteiger partial charge in [0, 0.05) is 42.7 Å². The summed E-state index contributed by atoms with van der Waals surface area (Å²) in [6.07, 6.45) is 3.28. The minimum Gasteiger partial charge on any atom is -0.478 e. The van der Waals surface area contributed by atoms with E-state index in [1.807, 2.05) is 0 Å². The Bertz CT molecular complexity index is 248. The topological polar surface area (TPSA) is 42.2 Å². The molecule has 1 heterocycles. The van der Waals surface area contributed by atoms with Crippen molar-refractivity contribution in [3.63, 3.8) is 0 Å². The van der Waals surface area contributed by atoms with E-state index >= 15 is 0 Å². The van der Waals surface area contributed by atoms with Gasteiger partial charge < -0.3 is 5.11 Å². The zero-order valence-electron chi connectivity index (χ0n) is 4.82. The molecule has 0 aliphatic carbocycles. The number of nitrogens with zero attached hydrogens (tertiary/aromatic N) is 1. The Balaban J connectivity index is 2.88. The Labute approximate surface area is 74.1 Å². The van der Waals surface area contributed by atoms with Gasteiger partial charge >= 0.3 is 5.97 Å². The molecular formula is C5H4INO2S. The van der Waals surface area contributed by atoms with Gasteiger partial charge in [-0.1, -0.05) is 0 Å². The van der Waals surface area contributed by atoms with Gasteiger partial charge in [0.1, 0.15) is 0 Å². The van der Waals surface area contributed by atoms with E-state index in [9.17, 15) is 4.79 Å². The van der Waals surface area contributed by atoms with Crippen LogP contribution in [0.15, 0.2) is 18.5 Å². The fourth-order valence-corrected chi connectivity index (χ4v) is 1.54. The Kier molecular flexibility index (Phi) is 2.61. The summed E-state index contributed by atoms with van der Waals surface area (Å²) in [6, 6.07) is 1.56. The van der Waals surface area contributed by atoms with E-state index < -0.39 is 5.97 Å². The molecule has 0 atom stereocenters. The van der Waals surface area contributed by atoms with E-state index in [2.05, 4.69) is 21.2 Å². The van der Waals surface area contributed by atoms with Crippen LogP contribution in [-0.2, 0) is 0 Å². The summed E-state index contributed by atoms with van der Waals surface area (Å²) < 4.78 is 1.73. The van der Waals surface area contributed by atoms with Crippen molar-refractivity contribution < 1.29 is 9.90 Å². The number of aromatic nitrogens is 1. The smallest absolute Gasteiger partial charge is 0.337 e. The van der Waals surface area contributed by atoms with Crippen LogP contribution < -0.4 is 0 Å². The molecule has 0 aliphatic heterocycles. The Morgan fingerprint density at radius 2 is 2.50 bits per heavy atom. The van der Waals surface area contributed by atoms with Crippen LogP contribution in [-0.4, -0.2) is 15.0 Å². The average Bonchev–Trinajstić information content (AvgIpc) is 2.34. The first-order valence-electron chi connectivity index (χ1n) is 2.44. The lowest BCUT2D eigenvalue weighted by Gasteiger charge is -1.88. The largest absolute Gasteiger partial charge is 0.478 e. The Morgan fingerprint density at radius 3 is 2.80 bits per heavy atom. The first kappa shape index (κ1) is 7.93. The molecule has 1 rings (SSSR count). The molecule has 0 spiro atoms. The molecule has 1 aromatic rings. The van der Waals surface area contributed by atoms with Gasteiger partial charge in [0.2, 0.25) is 0 Å². The summed E-state index contributed by atoms with van der Waals surface area (Å²) in [7, 11) is 1.43. The molecule has 5 heteroatoms. The molecule has 0 saturated heterocycles. The minimum absolute atomic E-state index is 0.323. The maximum Gasteiger partial charge on any atom is 0.337 e. The molecule has 0 saturated carbocycles. The third-order valence-corrected chi connectivity index (χ3v) is 2.74. The lowest BCUT2D eigenvalue weighted by Crippen LogP contribution is -1.92. The van der Waals surface area contributed by atoms with E-state index in [-0.39, 0.29) is 0 Å². The second kappa shape index (κ2) is 3.29. The van der Waals surface area contributed by atoms with E-state index in [0.717, 1.165) is 0 Å². The second-order valence-electron chi connectivity index (χ2n) is 1.63. The highest BCUT2D eigenvalue weighted by Gasteiger charge is 2.02. The summed E-state index contributed by atoms with van der Waals surface area (Å²) >= 11 is 2.08. The molecule has 0 radical (unpaired) electrons. The predicted octanol–water partition coefficient (Wildman–Crippen LogP) is 2.03. The fourth-order valence-electron chi connectivity index (χ4n) is 0.546. The number of carboxylic acids is 1. The number of carbonyl (C=O) groups is 1. The molecule has 0 aromatic carbocycles. The van der Waals surface area contributed by atoms with E-state index in [1.165, 1.54) is 9.12 Å². The van der Waals surface area contributed by atoms with Crippen molar-refractivity contribution in [1.29, 1.82) is 0 Å². The second-order valence-corrected chi connectivity index (χ2v) is 3.38. The highest BCUT2D eigenvalue weighted by atomic mass is 127. The molecule has 1 aromatic heterocycles. The summed E-state index contributed by atoms with van der Waals surface area (Å²) in [5.74, 6) is -0.885. The highest BCUT2D eigenvalue weighted by Crippen LogP contribution is 2.16. The number of halogens is 1. The van der Waals surface area contributed by atoms with Crippen LogP contribution >= 0.6 is 30.3 Å². The molecule has 3 nitrogen and oxygen atoms in total. The molecule has 1 N–H and O–H groups in total. The van der Waals surface area contributed by atoms with Crippen molar-refractivity contribution in [3.05, 3.63) is 24.0 Å². The highest BCUT2D eigenvalue weighted by molar-refractivity contribution is 14.2. The molecule has 0 fully saturated rings. The van der Waals surface area contributed by atoms with Crippen molar-refractivity contribution in [2.45, 2.75) is 0 Å². The van der Waals surface area contributed by atoms with E-state index in [1.54, 1.807) is 22.4 Å². The number of carboxylic acid groups (broad SMARTS) is 1. The first-order chi connectivity index (χ1) is 4.74. The van der Waals surface area contributed by atoms with Gasteiger partial charge in [-0.2, -0.15) is 0 Å². The molecule has 0 amide bonds. The standard InChI is InChI=1S/C5H4INO2S/c6-10-7-2-1-4(3-7)5(8)9/h1-3H,(H,8,9). The van der Waals surface area contributed by atoms with E-state index in [4.69, 9.17) is 5.11 Å². The van der Waals surface area contributed by atoms with Gasteiger partial charge in [-0.05, 0) is 6.07 Å². The predicted molar refractivity (Wildman–Crippen MR) is 48.4 cm³/mol. The van der Waals surface area contributed by atoms with Crippen LogP contribution in [0.2, 0.25) is 0 Å². The van der Waals surface area contributed by atoms with Gasteiger partial charge in [0.15, 0.2) is 0 Å². The van der Waals surface area contributed by atoms with Gasteiger partial charge in [-0.25, -0.2) is 4.79 Å². The SMILES string of the molecule is O=C(O)c1ccn(SI)c1. The number of hydrogen-bond acceptors (Lipinski definition) is 2. The summed E-state index contributed by atoms with van der Waals surface area (Å²) in [5, 5.41) is 8.47. The third-order valence-electron chi connectivity index (χ3n) is 0.994. The number of aromatic carboxylic acids is 1. The fraction of sp³-hybridized carbons (Fsp3) is 0. The third kappa shape index (κ3) is 1.66. The molecule has 54 valence electrons. The zero-order chi connectivity index (χ0) is 7.56. The minimum atomic E-state index is -0.885. The number of hydrogen-bond donors (Lipinski definition) is 1. The summed E-state index contributed by atoms with van der Waals surface area (Å²) in [4.78, 5) is 10.3. The van der Waals surface area contributed by atoms with Crippen LogP contribution in [0.4, 0.5) is 0 Å². The van der Waals surface area contributed by atoms with Gasteiger partial charge in [-0.15, -0.1) is 0 Å². The van der Waals surface area contributed by atoms with E-state index in [0.29, 0.717) is 5.56 Å². The van der Waals surface area contributed by atoms with Gasteiger partial charge in [-0.3, -0.25) is 3.97 Å². The van der Waals surface area contributed by atoms with Crippen LogP contribution in [0.5, 0.6) is 0 Å². The molecule has 0 aliphatic rings. The van der Waals surface area contributed by atoms with Crippen molar-refractivity contribution >= 4 is 36.3 Å². The monoisotopic (exact) mass is 269 g/mol.